The van der Waals surface area contributed by atoms with Crippen molar-refractivity contribution < 1.29 is 27.4 Å². The SMILES string of the molecule is COc1cc(CCC(=O)N2CCCC(c3nnc4n3CCCCC4)C2)ccc1OCC(F)(F)F. The minimum absolute atomic E-state index is 0.0289. The number of piperidine rings is 1. The molecule has 186 valence electrons. The van der Waals surface area contributed by atoms with Gasteiger partial charge in [0.1, 0.15) is 11.6 Å². The number of halogens is 3. The number of methoxy groups -OCH3 is 1. The van der Waals surface area contributed by atoms with E-state index in [1.165, 1.54) is 19.6 Å². The van der Waals surface area contributed by atoms with E-state index in [1.807, 2.05) is 4.90 Å². The van der Waals surface area contributed by atoms with Gasteiger partial charge in [-0.1, -0.05) is 12.5 Å². The average molecular weight is 481 g/mol. The first-order valence-electron chi connectivity index (χ1n) is 11.9. The summed E-state index contributed by atoms with van der Waals surface area (Å²) in [6.45, 7) is 0.938. The van der Waals surface area contributed by atoms with Crippen molar-refractivity contribution in [3.05, 3.63) is 35.4 Å². The summed E-state index contributed by atoms with van der Waals surface area (Å²) in [6, 6.07) is 4.76. The van der Waals surface area contributed by atoms with Crippen molar-refractivity contribution in [2.24, 2.45) is 0 Å². The van der Waals surface area contributed by atoms with Gasteiger partial charge in [-0.25, -0.2) is 0 Å². The molecule has 0 N–H and O–H groups in total. The second-order valence-corrected chi connectivity index (χ2v) is 9.00. The zero-order valence-corrected chi connectivity index (χ0v) is 19.4. The molecule has 2 aromatic rings. The Bertz CT molecular complexity index is 992. The van der Waals surface area contributed by atoms with Crippen LogP contribution < -0.4 is 9.47 Å². The van der Waals surface area contributed by atoms with E-state index < -0.39 is 12.8 Å². The molecule has 3 heterocycles. The Morgan fingerprint density at radius 1 is 1.12 bits per heavy atom. The maximum Gasteiger partial charge on any atom is 0.422 e. The lowest BCUT2D eigenvalue weighted by atomic mass is 9.96. The third-order valence-electron chi connectivity index (χ3n) is 6.52. The molecule has 1 atom stereocenters. The molecule has 1 unspecified atom stereocenters. The van der Waals surface area contributed by atoms with Crippen LogP contribution in [-0.2, 0) is 24.2 Å². The Kier molecular flexibility index (Phi) is 7.63. The third kappa shape index (κ3) is 6.01. The van der Waals surface area contributed by atoms with Crippen LogP contribution >= 0.6 is 0 Å². The van der Waals surface area contributed by atoms with Gasteiger partial charge in [-0.3, -0.25) is 4.79 Å². The van der Waals surface area contributed by atoms with E-state index in [0.29, 0.717) is 19.4 Å². The van der Waals surface area contributed by atoms with E-state index in [0.717, 1.165) is 62.4 Å². The molecule has 0 saturated carbocycles. The summed E-state index contributed by atoms with van der Waals surface area (Å²) < 4.78 is 49.6. The number of rotatable bonds is 7. The van der Waals surface area contributed by atoms with Gasteiger partial charge in [0.05, 0.1) is 7.11 Å². The van der Waals surface area contributed by atoms with Crippen LogP contribution in [0.3, 0.4) is 0 Å². The number of nitrogens with zero attached hydrogens (tertiary/aromatic N) is 4. The van der Waals surface area contributed by atoms with Gasteiger partial charge in [-0.05, 0) is 49.8 Å². The molecular weight excluding hydrogens is 449 g/mol. The van der Waals surface area contributed by atoms with Crippen molar-refractivity contribution in [2.75, 3.05) is 26.8 Å². The van der Waals surface area contributed by atoms with Crippen LogP contribution in [0.4, 0.5) is 13.2 Å². The molecule has 0 radical (unpaired) electrons. The lowest BCUT2D eigenvalue weighted by Gasteiger charge is -2.32. The Morgan fingerprint density at radius 3 is 2.76 bits per heavy atom. The number of fused-ring (bicyclic) bond motifs is 1. The van der Waals surface area contributed by atoms with E-state index in [2.05, 4.69) is 14.8 Å². The van der Waals surface area contributed by atoms with Gasteiger partial charge < -0.3 is 18.9 Å². The average Bonchev–Trinajstić information content (AvgIpc) is 3.09. The molecule has 0 aliphatic carbocycles. The highest BCUT2D eigenvalue weighted by atomic mass is 19.4. The summed E-state index contributed by atoms with van der Waals surface area (Å²) in [5.74, 6) is 2.58. The Hall–Kier alpha value is -2.78. The van der Waals surface area contributed by atoms with Crippen molar-refractivity contribution in [1.82, 2.24) is 19.7 Å². The quantitative estimate of drug-likeness (QED) is 0.591. The minimum atomic E-state index is -4.42. The second-order valence-electron chi connectivity index (χ2n) is 9.00. The monoisotopic (exact) mass is 480 g/mol. The summed E-state index contributed by atoms with van der Waals surface area (Å²) in [7, 11) is 1.38. The first kappa shape index (κ1) is 24.3. The van der Waals surface area contributed by atoms with Crippen LogP contribution in [0.5, 0.6) is 11.5 Å². The first-order chi connectivity index (χ1) is 16.3. The molecule has 34 heavy (non-hydrogen) atoms. The van der Waals surface area contributed by atoms with Crippen LogP contribution in [0.1, 0.15) is 61.7 Å². The molecule has 1 aromatic heterocycles. The molecule has 7 nitrogen and oxygen atoms in total. The van der Waals surface area contributed by atoms with Gasteiger partial charge >= 0.3 is 6.18 Å². The number of aromatic nitrogens is 3. The fourth-order valence-corrected chi connectivity index (χ4v) is 4.78. The van der Waals surface area contributed by atoms with Crippen LogP contribution in [0.15, 0.2) is 18.2 Å². The highest BCUT2D eigenvalue weighted by molar-refractivity contribution is 5.76. The van der Waals surface area contributed by atoms with E-state index in [1.54, 1.807) is 12.1 Å². The molecule has 0 spiro atoms. The van der Waals surface area contributed by atoms with Gasteiger partial charge in [0.15, 0.2) is 18.1 Å². The normalized spacial score (nSPS) is 18.8. The molecule has 4 rings (SSSR count). The molecule has 1 saturated heterocycles. The van der Waals surface area contributed by atoms with Crippen LogP contribution in [-0.4, -0.2) is 58.6 Å². The largest absolute Gasteiger partial charge is 0.493 e. The molecule has 1 amide bonds. The lowest BCUT2D eigenvalue weighted by molar-refractivity contribution is -0.153. The number of ether oxygens (including phenoxy) is 2. The number of carbonyl (C=O) groups excluding carboxylic acids is 1. The number of likely N-dealkylation sites (tertiary alicyclic amines) is 1. The number of alkyl halides is 3. The van der Waals surface area contributed by atoms with Crippen molar-refractivity contribution in [3.63, 3.8) is 0 Å². The fourth-order valence-electron chi connectivity index (χ4n) is 4.78. The number of carbonyl (C=O) groups is 1. The minimum Gasteiger partial charge on any atom is -0.493 e. The zero-order chi connectivity index (χ0) is 24.1. The lowest BCUT2D eigenvalue weighted by Crippen LogP contribution is -2.40. The standard InChI is InChI=1S/C24H31F3N4O3/c1-33-20-14-17(8-10-19(20)34-16-24(25,26)27)9-11-22(32)30-12-5-6-18(15-30)23-29-28-21-7-3-2-4-13-31(21)23/h8,10,14,18H,2-7,9,11-13,15-16H2,1H3. The van der Waals surface area contributed by atoms with Gasteiger partial charge in [0, 0.05) is 38.4 Å². The number of hydrogen-bond acceptors (Lipinski definition) is 5. The van der Waals surface area contributed by atoms with E-state index in [-0.39, 0.29) is 23.3 Å². The Labute approximate surface area is 197 Å². The van der Waals surface area contributed by atoms with E-state index in [9.17, 15) is 18.0 Å². The summed E-state index contributed by atoms with van der Waals surface area (Å²) in [5, 5.41) is 8.90. The predicted molar refractivity (Wildman–Crippen MR) is 119 cm³/mol. The maximum atomic E-state index is 13.0. The van der Waals surface area contributed by atoms with Gasteiger partial charge in [0.2, 0.25) is 5.91 Å². The Morgan fingerprint density at radius 2 is 1.97 bits per heavy atom. The number of benzene rings is 1. The van der Waals surface area contributed by atoms with Crippen molar-refractivity contribution in [2.45, 2.75) is 70.0 Å². The molecule has 2 aliphatic heterocycles. The third-order valence-corrected chi connectivity index (χ3v) is 6.52. The highest BCUT2D eigenvalue weighted by Crippen LogP contribution is 2.31. The molecule has 0 bridgehead atoms. The van der Waals surface area contributed by atoms with Gasteiger partial charge in [-0.15, -0.1) is 10.2 Å². The topological polar surface area (TPSA) is 69.5 Å². The Balaban J connectivity index is 1.34. The van der Waals surface area contributed by atoms with Crippen LogP contribution in [0.2, 0.25) is 0 Å². The van der Waals surface area contributed by atoms with Crippen molar-refractivity contribution >= 4 is 5.91 Å². The van der Waals surface area contributed by atoms with Crippen LogP contribution in [0, 0.1) is 0 Å². The fraction of sp³-hybridized carbons (Fsp3) is 0.625. The maximum absolute atomic E-state index is 13.0. The highest BCUT2D eigenvalue weighted by Gasteiger charge is 2.30. The van der Waals surface area contributed by atoms with E-state index in [4.69, 9.17) is 9.47 Å². The first-order valence-corrected chi connectivity index (χ1v) is 11.9. The van der Waals surface area contributed by atoms with Gasteiger partial charge in [0.25, 0.3) is 0 Å². The zero-order valence-electron chi connectivity index (χ0n) is 19.4. The summed E-state index contributed by atoms with van der Waals surface area (Å²) in [4.78, 5) is 14.9. The molecule has 10 heteroatoms. The summed E-state index contributed by atoms with van der Waals surface area (Å²) in [5.41, 5.74) is 0.806. The summed E-state index contributed by atoms with van der Waals surface area (Å²) in [6.07, 6.45) is 2.74. The predicted octanol–water partition coefficient (Wildman–Crippen LogP) is 4.29. The number of aryl methyl sites for hydroxylation is 2. The van der Waals surface area contributed by atoms with Gasteiger partial charge in [-0.2, -0.15) is 13.2 Å². The second kappa shape index (κ2) is 10.7. The molecule has 1 fully saturated rings. The molecular formula is C24H31F3N4O3. The van der Waals surface area contributed by atoms with Crippen molar-refractivity contribution in [3.8, 4) is 11.5 Å². The number of hydrogen-bond donors (Lipinski definition) is 0. The van der Waals surface area contributed by atoms with Crippen LogP contribution in [0.25, 0.3) is 0 Å². The van der Waals surface area contributed by atoms with Crippen molar-refractivity contribution in [1.29, 1.82) is 0 Å². The van der Waals surface area contributed by atoms with E-state index >= 15 is 0 Å². The summed E-state index contributed by atoms with van der Waals surface area (Å²) >= 11 is 0. The molecule has 1 aromatic carbocycles. The molecule has 2 aliphatic rings. The smallest absolute Gasteiger partial charge is 0.422 e. The number of amides is 1.